The Labute approximate surface area is 217 Å². The minimum Gasteiger partial charge on any atom is -0.493 e. The number of benzene rings is 2. The van der Waals surface area contributed by atoms with Crippen molar-refractivity contribution in [3.8, 4) is 11.5 Å². The molecule has 2 aromatic heterocycles. The molecule has 37 heavy (non-hydrogen) atoms. The summed E-state index contributed by atoms with van der Waals surface area (Å²) in [6.45, 7) is 0. The summed E-state index contributed by atoms with van der Waals surface area (Å²) < 4.78 is 26.8. The Morgan fingerprint density at radius 3 is 2.65 bits per heavy atom. The third-order valence-corrected chi connectivity index (χ3v) is 6.79. The van der Waals surface area contributed by atoms with Crippen molar-refractivity contribution in [2.75, 3.05) is 19.5 Å². The maximum atomic E-state index is 13.6. The molecule has 10 nitrogen and oxygen atoms in total. The Kier molecular flexibility index (Phi) is 7.04. The third kappa shape index (κ3) is 5.26. The van der Waals surface area contributed by atoms with Gasteiger partial charge in [0.05, 0.1) is 23.8 Å². The number of halogens is 2. The first-order valence-corrected chi connectivity index (χ1v) is 12.1. The van der Waals surface area contributed by atoms with Crippen molar-refractivity contribution < 1.29 is 18.7 Å². The van der Waals surface area contributed by atoms with Gasteiger partial charge in [-0.2, -0.15) is 9.78 Å². The molecule has 0 radical (unpaired) electrons. The lowest BCUT2D eigenvalue weighted by atomic mass is 9.92. The Morgan fingerprint density at radius 1 is 1.14 bits per heavy atom. The lowest BCUT2D eigenvalue weighted by molar-refractivity contribution is 0.106. The molecule has 1 N–H and O–H groups in total. The van der Waals surface area contributed by atoms with E-state index in [1.807, 2.05) is 6.07 Å². The van der Waals surface area contributed by atoms with Crippen molar-refractivity contribution >= 4 is 40.0 Å². The molecule has 1 amide bonds. The van der Waals surface area contributed by atoms with Crippen LogP contribution < -0.4 is 14.8 Å². The lowest BCUT2D eigenvalue weighted by Crippen LogP contribution is -2.43. The Bertz CT molecular complexity index is 1410. The fourth-order valence-electron chi connectivity index (χ4n) is 4.48. The van der Waals surface area contributed by atoms with Gasteiger partial charge in [-0.1, -0.05) is 11.6 Å². The summed E-state index contributed by atoms with van der Waals surface area (Å²) in [6, 6.07) is 7.88. The monoisotopic (exact) mass is 525 g/mol. The highest BCUT2D eigenvalue weighted by Gasteiger charge is 2.29. The zero-order chi connectivity index (χ0) is 25.9. The van der Waals surface area contributed by atoms with Gasteiger partial charge < -0.3 is 19.7 Å². The van der Waals surface area contributed by atoms with Crippen molar-refractivity contribution in [3.05, 3.63) is 60.2 Å². The quantitative estimate of drug-likeness (QED) is 0.372. The first kappa shape index (κ1) is 24.7. The number of amides is 1. The highest BCUT2D eigenvalue weighted by atomic mass is 35.5. The normalized spacial score (nSPS) is 17.4. The lowest BCUT2D eigenvalue weighted by Gasteiger charge is -2.34. The fraction of sp³-hybridized carbons (Fsp3) is 0.320. The molecule has 2 aromatic carbocycles. The second-order valence-corrected chi connectivity index (χ2v) is 9.19. The number of hydrogen-bond acceptors (Lipinski definition) is 8. The number of nitrogens with one attached hydrogen (secondary N) is 1. The SMILES string of the molecule is COc1cc2ncnc(Nc3ccc(F)c(Cl)c3)c2cc1OC1CCC(N(C)C(=O)n2cncn2)CC1. The number of ether oxygens (including phenoxy) is 2. The van der Waals surface area contributed by atoms with E-state index in [0.717, 1.165) is 25.7 Å². The van der Waals surface area contributed by atoms with Crippen molar-refractivity contribution in [1.29, 1.82) is 0 Å². The summed E-state index contributed by atoms with van der Waals surface area (Å²) in [4.78, 5) is 26.8. The molecule has 0 bridgehead atoms. The minimum absolute atomic E-state index is 0.0123. The molecule has 192 valence electrons. The van der Waals surface area contributed by atoms with Crippen LogP contribution in [0, 0.1) is 5.82 Å². The molecule has 1 fully saturated rings. The van der Waals surface area contributed by atoms with Gasteiger partial charge in [-0.25, -0.2) is 24.1 Å². The third-order valence-electron chi connectivity index (χ3n) is 6.50. The highest BCUT2D eigenvalue weighted by molar-refractivity contribution is 6.31. The standard InChI is InChI=1S/C25H25ClFN7O3/c1-33(25(35)34-14-28-12-31-34)16-4-6-17(7-5-16)37-23-10-18-21(11-22(23)36-2)29-13-30-24(18)32-15-3-8-20(27)19(26)9-15/h3,8-14,16-17H,4-7H2,1-2H3,(H,29,30,32). The van der Waals surface area contributed by atoms with Crippen LogP contribution in [0.15, 0.2) is 49.3 Å². The van der Waals surface area contributed by atoms with Gasteiger partial charge in [0.1, 0.15) is 30.6 Å². The van der Waals surface area contributed by atoms with E-state index in [9.17, 15) is 9.18 Å². The second-order valence-electron chi connectivity index (χ2n) is 8.78. The van der Waals surface area contributed by atoms with Crippen molar-refractivity contribution in [1.82, 2.24) is 29.6 Å². The van der Waals surface area contributed by atoms with Crippen molar-refractivity contribution in [2.45, 2.75) is 37.8 Å². The van der Waals surface area contributed by atoms with Crippen LogP contribution in [-0.2, 0) is 0 Å². The van der Waals surface area contributed by atoms with E-state index in [2.05, 4.69) is 25.4 Å². The van der Waals surface area contributed by atoms with Gasteiger partial charge in [0.15, 0.2) is 11.5 Å². The number of nitrogens with zero attached hydrogens (tertiary/aromatic N) is 6. The number of anilines is 2. The molecule has 1 aliphatic rings. The van der Waals surface area contributed by atoms with E-state index in [1.165, 1.54) is 35.8 Å². The van der Waals surface area contributed by atoms with Crippen LogP contribution in [0.3, 0.4) is 0 Å². The molecule has 4 aromatic rings. The predicted octanol–water partition coefficient (Wildman–Crippen LogP) is 5.06. The molecule has 0 aliphatic heterocycles. The summed E-state index contributed by atoms with van der Waals surface area (Å²) in [6.07, 6.45) is 7.25. The molecule has 0 unspecified atom stereocenters. The molecule has 0 saturated heterocycles. The van der Waals surface area contributed by atoms with Gasteiger partial charge in [-0.3, -0.25) is 0 Å². The number of aromatic nitrogens is 5. The maximum absolute atomic E-state index is 13.6. The molecule has 0 atom stereocenters. The summed E-state index contributed by atoms with van der Waals surface area (Å²) >= 11 is 5.93. The average molecular weight is 526 g/mol. The first-order chi connectivity index (χ1) is 17.9. The van der Waals surface area contributed by atoms with Gasteiger partial charge in [0.25, 0.3) is 0 Å². The van der Waals surface area contributed by atoms with Gasteiger partial charge in [-0.15, -0.1) is 0 Å². The first-order valence-electron chi connectivity index (χ1n) is 11.8. The molecule has 1 aliphatic carbocycles. The summed E-state index contributed by atoms with van der Waals surface area (Å²) in [7, 11) is 3.36. The van der Waals surface area contributed by atoms with E-state index in [1.54, 1.807) is 31.2 Å². The van der Waals surface area contributed by atoms with E-state index in [0.29, 0.717) is 33.9 Å². The van der Waals surface area contributed by atoms with Crippen LogP contribution >= 0.6 is 11.6 Å². The van der Waals surface area contributed by atoms with Crippen LogP contribution in [0.1, 0.15) is 25.7 Å². The smallest absolute Gasteiger partial charge is 0.346 e. The van der Waals surface area contributed by atoms with Crippen molar-refractivity contribution in [3.63, 3.8) is 0 Å². The van der Waals surface area contributed by atoms with Gasteiger partial charge in [0, 0.05) is 30.2 Å². The Morgan fingerprint density at radius 2 is 1.95 bits per heavy atom. The number of carbonyl (C=O) groups is 1. The molecule has 2 heterocycles. The molecule has 1 saturated carbocycles. The number of fused-ring (bicyclic) bond motifs is 1. The number of hydrogen-bond donors (Lipinski definition) is 1. The average Bonchev–Trinajstić information content (AvgIpc) is 3.45. The van der Waals surface area contributed by atoms with E-state index in [-0.39, 0.29) is 23.2 Å². The van der Waals surface area contributed by atoms with E-state index >= 15 is 0 Å². The zero-order valence-corrected chi connectivity index (χ0v) is 21.0. The van der Waals surface area contributed by atoms with E-state index < -0.39 is 5.82 Å². The topological polar surface area (TPSA) is 107 Å². The molecular formula is C25H25ClFN7O3. The van der Waals surface area contributed by atoms with Crippen LogP contribution in [0.5, 0.6) is 11.5 Å². The minimum atomic E-state index is -0.496. The summed E-state index contributed by atoms with van der Waals surface area (Å²) in [5.74, 6) is 1.16. The Hall–Kier alpha value is -3.99. The maximum Gasteiger partial charge on any atom is 0.346 e. The molecular weight excluding hydrogens is 501 g/mol. The number of carbonyl (C=O) groups excluding carboxylic acids is 1. The van der Waals surface area contributed by atoms with Gasteiger partial charge in [-0.05, 0) is 49.9 Å². The van der Waals surface area contributed by atoms with E-state index in [4.69, 9.17) is 21.1 Å². The predicted molar refractivity (Wildman–Crippen MR) is 136 cm³/mol. The van der Waals surface area contributed by atoms with Gasteiger partial charge >= 0.3 is 6.03 Å². The van der Waals surface area contributed by atoms with Crippen LogP contribution in [-0.4, -0.2) is 62.0 Å². The van der Waals surface area contributed by atoms with Crippen LogP contribution in [0.25, 0.3) is 10.9 Å². The zero-order valence-electron chi connectivity index (χ0n) is 20.3. The van der Waals surface area contributed by atoms with Crippen LogP contribution in [0.2, 0.25) is 5.02 Å². The molecule has 12 heteroatoms. The Balaban J connectivity index is 1.32. The molecule has 0 spiro atoms. The number of methoxy groups -OCH3 is 1. The number of rotatable bonds is 6. The largest absolute Gasteiger partial charge is 0.493 e. The van der Waals surface area contributed by atoms with Gasteiger partial charge in [0.2, 0.25) is 0 Å². The highest BCUT2D eigenvalue weighted by Crippen LogP contribution is 2.37. The van der Waals surface area contributed by atoms with Crippen molar-refractivity contribution in [2.24, 2.45) is 0 Å². The second kappa shape index (κ2) is 10.6. The fourth-order valence-corrected chi connectivity index (χ4v) is 4.66. The summed E-state index contributed by atoms with van der Waals surface area (Å²) in [5.41, 5.74) is 1.25. The molecule has 5 rings (SSSR count). The summed E-state index contributed by atoms with van der Waals surface area (Å²) in [5, 5.41) is 7.83. The van der Waals surface area contributed by atoms with Crippen LogP contribution in [0.4, 0.5) is 20.7 Å².